The molecule has 0 fully saturated rings. The van der Waals surface area contributed by atoms with E-state index in [1.54, 1.807) is 0 Å². The van der Waals surface area contributed by atoms with Gasteiger partial charge in [-0.1, -0.05) is 22.0 Å². The number of imidazole rings is 1. The first-order valence-electron chi connectivity index (χ1n) is 7.03. The van der Waals surface area contributed by atoms with Gasteiger partial charge in [0.05, 0.1) is 17.8 Å². The lowest BCUT2D eigenvalue weighted by molar-refractivity contribution is -0.115. The number of nitrogens with one attached hydrogen (secondary N) is 1. The molecular formula is C17H16BrN3O. The van der Waals surface area contributed by atoms with Crippen molar-refractivity contribution in [3.05, 3.63) is 64.0 Å². The van der Waals surface area contributed by atoms with Gasteiger partial charge < -0.3 is 9.72 Å². The second kappa shape index (κ2) is 5.93. The van der Waals surface area contributed by atoms with Crippen molar-refractivity contribution < 1.29 is 4.79 Å². The van der Waals surface area contributed by atoms with Crippen LogP contribution in [-0.2, 0) is 11.2 Å². The van der Waals surface area contributed by atoms with Crippen LogP contribution in [0.25, 0.3) is 5.65 Å². The number of carbonyl (C=O) groups is 1. The van der Waals surface area contributed by atoms with E-state index in [1.165, 1.54) is 0 Å². The van der Waals surface area contributed by atoms with Crippen molar-refractivity contribution in [3.8, 4) is 0 Å². The Balaban J connectivity index is 1.84. The van der Waals surface area contributed by atoms with Crippen LogP contribution in [0.15, 0.2) is 47.1 Å². The van der Waals surface area contributed by atoms with Gasteiger partial charge in [0.15, 0.2) is 0 Å². The van der Waals surface area contributed by atoms with E-state index in [0.29, 0.717) is 6.42 Å². The quantitative estimate of drug-likeness (QED) is 0.772. The summed E-state index contributed by atoms with van der Waals surface area (Å²) in [4.78, 5) is 16.8. The van der Waals surface area contributed by atoms with Crippen molar-refractivity contribution in [1.82, 2.24) is 9.38 Å². The fourth-order valence-corrected chi connectivity index (χ4v) is 2.73. The lowest BCUT2D eigenvalue weighted by atomic mass is 10.2. The highest BCUT2D eigenvalue weighted by molar-refractivity contribution is 9.10. The van der Waals surface area contributed by atoms with Gasteiger partial charge in [0.25, 0.3) is 0 Å². The highest BCUT2D eigenvalue weighted by Gasteiger charge is 2.13. The van der Waals surface area contributed by atoms with E-state index in [1.807, 2.05) is 60.8 Å². The van der Waals surface area contributed by atoms with Crippen molar-refractivity contribution in [1.29, 1.82) is 0 Å². The number of nitrogens with zero attached hydrogens (tertiary/aromatic N) is 2. The Bertz CT molecular complexity index is 837. The minimum Gasteiger partial charge on any atom is -0.326 e. The van der Waals surface area contributed by atoms with E-state index in [4.69, 9.17) is 0 Å². The van der Waals surface area contributed by atoms with Crippen molar-refractivity contribution in [2.24, 2.45) is 0 Å². The molecule has 0 saturated heterocycles. The zero-order chi connectivity index (χ0) is 15.7. The third-order valence-electron chi connectivity index (χ3n) is 3.60. The molecule has 0 aliphatic rings. The Labute approximate surface area is 137 Å². The topological polar surface area (TPSA) is 46.4 Å². The number of hydrogen-bond acceptors (Lipinski definition) is 2. The van der Waals surface area contributed by atoms with Gasteiger partial charge in [-0.3, -0.25) is 4.79 Å². The van der Waals surface area contributed by atoms with Gasteiger partial charge in [-0.15, -0.1) is 0 Å². The Kier molecular flexibility index (Phi) is 3.98. The molecule has 0 saturated carbocycles. The largest absolute Gasteiger partial charge is 0.326 e. The number of pyridine rings is 1. The first-order valence-corrected chi connectivity index (χ1v) is 7.82. The maximum absolute atomic E-state index is 12.3. The molecule has 0 aliphatic carbocycles. The van der Waals surface area contributed by atoms with Crippen LogP contribution in [0.1, 0.15) is 17.0 Å². The minimum absolute atomic E-state index is 0.0475. The van der Waals surface area contributed by atoms with Gasteiger partial charge in [0.2, 0.25) is 5.91 Å². The Morgan fingerprint density at radius 1 is 1.23 bits per heavy atom. The van der Waals surface area contributed by atoms with Gasteiger partial charge >= 0.3 is 0 Å². The Hall–Kier alpha value is -2.14. The van der Waals surface area contributed by atoms with Crippen LogP contribution in [0.5, 0.6) is 0 Å². The summed E-state index contributed by atoms with van der Waals surface area (Å²) in [6.07, 6.45) is 2.25. The molecular weight excluding hydrogens is 342 g/mol. The van der Waals surface area contributed by atoms with E-state index in [2.05, 4.69) is 26.2 Å². The van der Waals surface area contributed by atoms with Gasteiger partial charge in [0.1, 0.15) is 5.65 Å². The molecule has 4 nitrogen and oxygen atoms in total. The number of halogens is 1. The van der Waals surface area contributed by atoms with E-state index >= 15 is 0 Å². The molecule has 2 heterocycles. The summed E-state index contributed by atoms with van der Waals surface area (Å²) in [7, 11) is 0. The number of amides is 1. The van der Waals surface area contributed by atoms with Gasteiger partial charge in [-0.2, -0.15) is 0 Å². The lowest BCUT2D eigenvalue weighted by Crippen LogP contribution is -2.16. The van der Waals surface area contributed by atoms with Crippen molar-refractivity contribution in [3.63, 3.8) is 0 Å². The first kappa shape index (κ1) is 14.8. The van der Waals surface area contributed by atoms with Crippen LogP contribution in [0, 0.1) is 13.8 Å². The third-order valence-corrected chi connectivity index (χ3v) is 4.13. The predicted octanol–water partition coefficient (Wildman–Crippen LogP) is 3.89. The van der Waals surface area contributed by atoms with Crippen LogP contribution in [0.3, 0.4) is 0 Å². The van der Waals surface area contributed by atoms with Gasteiger partial charge in [-0.25, -0.2) is 4.98 Å². The molecule has 0 aliphatic heterocycles. The summed E-state index contributed by atoms with van der Waals surface area (Å²) in [6, 6.07) is 11.5. The van der Waals surface area contributed by atoms with Crippen LogP contribution in [-0.4, -0.2) is 15.3 Å². The molecule has 0 spiro atoms. The summed E-state index contributed by atoms with van der Waals surface area (Å²) < 4.78 is 2.98. The lowest BCUT2D eigenvalue weighted by Gasteiger charge is -2.06. The monoisotopic (exact) mass is 357 g/mol. The zero-order valence-corrected chi connectivity index (χ0v) is 14.0. The molecule has 1 N–H and O–H groups in total. The molecule has 0 unspecified atom stereocenters. The minimum atomic E-state index is -0.0475. The number of rotatable bonds is 3. The van der Waals surface area contributed by atoms with E-state index in [9.17, 15) is 4.79 Å². The SMILES string of the molecule is Cc1nc2c(C)cccn2c1CC(=O)Nc1ccc(Br)cc1. The molecule has 112 valence electrons. The van der Waals surface area contributed by atoms with Gasteiger partial charge in [-0.05, 0) is 49.7 Å². The van der Waals surface area contributed by atoms with E-state index in [-0.39, 0.29) is 5.91 Å². The van der Waals surface area contributed by atoms with E-state index < -0.39 is 0 Å². The molecule has 0 radical (unpaired) electrons. The molecule has 3 aromatic rings. The maximum atomic E-state index is 12.3. The normalized spacial score (nSPS) is 10.9. The molecule has 1 amide bonds. The zero-order valence-electron chi connectivity index (χ0n) is 12.4. The second-order valence-corrected chi connectivity index (χ2v) is 6.18. The highest BCUT2D eigenvalue weighted by atomic mass is 79.9. The second-order valence-electron chi connectivity index (χ2n) is 5.26. The summed E-state index contributed by atoms with van der Waals surface area (Å²) in [5.41, 5.74) is 4.61. The van der Waals surface area contributed by atoms with Crippen molar-refractivity contribution in [2.75, 3.05) is 5.32 Å². The number of fused-ring (bicyclic) bond motifs is 1. The van der Waals surface area contributed by atoms with Crippen LogP contribution in [0.2, 0.25) is 0 Å². The van der Waals surface area contributed by atoms with Crippen LogP contribution >= 0.6 is 15.9 Å². The number of aryl methyl sites for hydroxylation is 2. The van der Waals surface area contributed by atoms with Crippen LogP contribution < -0.4 is 5.32 Å². The van der Waals surface area contributed by atoms with E-state index in [0.717, 1.165) is 32.8 Å². The average molecular weight is 358 g/mol. The molecule has 0 atom stereocenters. The number of hydrogen-bond donors (Lipinski definition) is 1. The van der Waals surface area contributed by atoms with Crippen molar-refractivity contribution >= 4 is 33.2 Å². The fraction of sp³-hybridized carbons (Fsp3) is 0.176. The number of carbonyl (C=O) groups excluding carboxylic acids is 1. The smallest absolute Gasteiger partial charge is 0.230 e. The van der Waals surface area contributed by atoms with Gasteiger partial charge in [0, 0.05) is 16.4 Å². The summed E-state index contributed by atoms with van der Waals surface area (Å²) in [6.45, 7) is 3.96. The molecule has 22 heavy (non-hydrogen) atoms. The Morgan fingerprint density at radius 3 is 2.68 bits per heavy atom. The number of anilines is 1. The summed E-state index contributed by atoms with van der Waals surface area (Å²) in [5, 5.41) is 2.91. The highest BCUT2D eigenvalue weighted by Crippen LogP contribution is 2.17. The molecule has 2 aromatic heterocycles. The third kappa shape index (κ3) is 2.90. The molecule has 1 aromatic carbocycles. The van der Waals surface area contributed by atoms with Crippen LogP contribution in [0.4, 0.5) is 5.69 Å². The van der Waals surface area contributed by atoms with Crippen molar-refractivity contribution in [2.45, 2.75) is 20.3 Å². The average Bonchev–Trinajstić information content (AvgIpc) is 2.80. The molecule has 0 bridgehead atoms. The fourth-order valence-electron chi connectivity index (χ4n) is 2.47. The standard InChI is InChI=1S/C17H16BrN3O/c1-11-4-3-9-21-15(12(2)19-17(11)21)10-16(22)20-14-7-5-13(18)6-8-14/h3-9H,10H2,1-2H3,(H,20,22). The number of aromatic nitrogens is 2. The Morgan fingerprint density at radius 2 is 1.95 bits per heavy atom. The first-order chi connectivity index (χ1) is 10.5. The predicted molar refractivity (Wildman–Crippen MR) is 91.1 cm³/mol. The number of benzene rings is 1. The summed E-state index contributed by atoms with van der Waals surface area (Å²) in [5.74, 6) is -0.0475. The maximum Gasteiger partial charge on any atom is 0.230 e. The summed E-state index contributed by atoms with van der Waals surface area (Å²) >= 11 is 3.38. The molecule has 3 rings (SSSR count). The molecule has 5 heteroatoms.